The number of aliphatic hydroxyl groups is 1. The van der Waals surface area contributed by atoms with E-state index in [9.17, 15) is 4.79 Å². The Balaban J connectivity index is 2.57. The number of nitrogens with two attached hydrogens (primary N) is 1. The highest BCUT2D eigenvalue weighted by atomic mass is 35.5. The van der Waals surface area contributed by atoms with Gasteiger partial charge < -0.3 is 16.2 Å². The average Bonchev–Trinajstić information content (AvgIpc) is 2.20. The van der Waals surface area contributed by atoms with E-state index in [0.29, 0.717) is 29.2 Å². The number of rotatable bonds is 4. The SMILES string of the molecule is Nc1cc(NC(=O)CCCO)ccc1Cl. The lowest BCUT2D eigenvalue weighted by Crippen LogP contribution is -2.11. The number of hydrogen-bond donors (Lipinski definition) is 3. The summed E-state index contributed by atoms with van der Waals surface area (Å²) >= 11 is 5.73. The van der Waals surface area contributed by atoms with Gasteiger partial charge in [-0.3, -0.25) is 4.79 Å². The molecule has 0 aliphatic heterocycles. The van der Waals surface area contributed by atoms with E-state index in [1.807, 2.05) is 0 Å². The Morgan fingerprint density at radius 2 is 2.27 bits per heavy atom. The topological polar surface area (TPSA) is 75.3 Å². The van der Waals surface area contributed by atoms with Gasteiger partial charge in [-0.05, 0) is 24.6 Å². The molecule has 0 saturated carbocycles. The molecule has 1 aromatic rings. The van der Waals surface area contributed by atoms with Crippen LogP contribution in [0.3, 0.4) is 0 Å². The number of anilines is 2. The zero-order chi connectivity index (χ0) is 11.3. The average molecular weight is 229 g/mol. The molecule has 5 heteroatoms. The number of halogens is 1. The minimum Gasteiger partial charge on any atom is -0.397 e. The van der Waals surface area contributed by atoms with E-state index in [1.165, 1.54) is 0 Å². The first-order valence-electron chi connectivity index (χ1n) is 4.59. The highest BCUT2D eigenvalue weighted by Gasteiger charge is 2.03. The number of amides is 1. The van der Waals surface area contributed by atoms with Crippen LogP contribution in [-0.4, -0.2) is 17.6 Å². The molecule has 1 amide bonds. The molecule has 0 atom stereocenters. The van der Waals surface area contributed by atoms with Crippen molar-refractivity contribution in [3.8, 4) is 0 Å². The third-order valence-electron chi connectivity index (χ3n) is 1.84. The molecule has 0 radical (unpaired) electrons. The van der Waals surface area contributed by atoms with Gasteiger partial charge in [-0.2, -0.15) is 0 Å². The van der Waals surface area contributed by atoms with Gasteiger partial charge in [0.1, 0.15) is 0 Å². The summed E-state index contributed by atoms with van der Waals surface area (Å²) in [5, 5.41) is 11.7. The van der Waals surface area contributed by atoms with Crippen molar-refractivity contribution in [3.63, 3.8) is 0 Å². The van der Waals surface area contributed by atoms with Gasteiger partial charge in [-0.1, -0.05) is 11.6 Å². The Morgan fingerprint density at radius 1 is 1.53 bits per heavy atom. The summed E-state index contributed by atoms with van der Waals surface area (Å²) in [5.41, 5.74) is 6.61. The molecule has 4 nitrogen and oxygen atoms in total. The molecule has 0 bridgehead atoms. The van der Waals surface area contributed by atoms with Gasteiger partial charge in [0.2, 0.25) is 5.91 Å². The van der Waals surface area contributed by atoms with E-state index in [0.717, 1.165) is 0 Å². The Bertz CT molecular complexity index is 355. The van der Waals surface area contributed by atoms with Crippen LogP contribution in [0.5, 0.6) is 0 Å². The maximum absolute atomic E-state index is 11.3. The molecule has 0 fully saturated rings. The summed E-state index contributed by atoms with van der Waals surface area (Å²) in [6, 6.07) is 4.90. The van der Waals surface area contributed by atoms with Gasteiger partial charge in [0.25, 0.3) is 0 Å². The molecule has 1 rings (SSSR count). The number of nitrogens with one attached hydrogen (secondary N) is 1. The van der Waals surface area contributed by atoms with Crippen LogP contribution in [0.15, 0.2) is 18.2 Å². The minimum absolute atomic E-state index is 0.0101. The van der Waals surface area contributed by atoms with Crippen molar-refractivity contribution >= 4 is 28.9 Å². The third-order valence-corrected chi connectivity index (χ3v) is 2.19. The van der Waals surface area contributed by atoms with E-state index in [-0.39, 0.29) is 12.5 Å². The van der Waals surface area contributed by atoms with Gasteiger partial charge in [-0.25, -0.2) is 0 Å². The smallest absolute Gasteiger partial charge is 0.224 e. The van der Waals surface area contributed by atoms with E-state index < -0.39 is 0 Å². The maximum atomic E-state index is 11.3. The van der Waals surface area contributed by atoms with Crippen molar-refractivity contribution < 1.29 is 9.90 Å². The molecule has 4 N–H and O–H groups in total. The summed E-state index contributed by atoms with van der Waals surface area (Å²) in [7, 11) is 0. The Hall–Kier alpha value is -1.26. The van der Waals surface area contributed by atoms with E-state index in [1.54, 1.807) is 18.2 Å². The standard InChI is InChI=1S/C10H13ClN2O2/c11-8-4-3-7(6-9(8)12)13-10(15)2-1-5-14/h3-4,6,14H,1-2,5,12H2,(H,13,15). The summed E-state index contributed by atoms with van der Waals surface area (Å²) in [6.07, 6.45) is 0.744. The minimum atomic E-state index is -0.147. The predicted molar refractivity (Wildman–Crippen MR) is 60.8 cm³/mol. The van der Waals surface area contributed by atoms with Crippen molar-refractivity contribution in [1.82, 2.24) is 0 Å². The number of carbonyl (C=O) groups excluding carboxylic acids is 1. The number of benzene rings is 1. The largest absolute Gasteiger partial charge is 0.397 e. The van der Waals surface area contributed by atoms with Crippen LogP contribution in [0.1, 0.15) is 12.8 Å². The zero-order valence-electron chi connectivity index (χ0n) is 8.16. The van der Waals surface area contributed by atoms with Gasteiger partial charge in [-0.15, -0.1) is 0 Å². The van der Waals surface area contributed by atoms with Gasteiger partial charge in [0.05, 0.1) is 10.7 Å². The second-order valence-corrected chi connectivity index (χ2v) is 3.52. The molecule has 0 aliphatic carbocycles. The van der Waals surface area contributed by atoms with E-state index in [4.69, 9.17) is 22.4 Å². The lowest BCUT2D eigenvalue weighted by atomic mass is 10.2. The molecular weight excluding hydrogens is 216 g/mol. The molecule has 0 saturated heterocycles. The number of carbonyl (C=O) groups is 1. The fourth-order valence-corrected chi connectivity index (χ4v) is 1.20. The highest BCUT2D eigenvalue weighted by Crippen LogP contribution is 2.22. The molecule has 0 heterocycles. The van der Waals surface area contributed by atoms with Crippen LogP contribution >= 0.6 is 11.6 Å². The Kier molecular flexibility index (Phi) is 4.39. The Morgan fingerprint density at radius 3 is 2.87 bits per heavy atom. The second kappa shape index (κ2) is 5.58. The van der Waals surface area contributed by atoms with E-state index >= 15 is 0 Å². The first-order chi connectivity index (χ1) is 7.13. The molecule has 0 aliphatic rings. The maximum Gasteiger partial charge on any atom is 0.224 e. The predicted octanol–water partition coefficient (Wildman–Crippen LogP) is 1.63. The molecule has 0 spiro atoms. The number of aliphatic hydroxyl groups excluding tert-OH is 1. The van der Waals surface area contributed by atoms with Crippen molar-refractivity contribution in [1.29, 1.82) is 0 Å². The van der Waals surface area contributed by atoms with Gasteiger partial charge in [0, 0.05) is 18.7 Å². The van der Waals surface area contributed by atoms with Crippen molar-refractivity contribution in [3.05, 3.63) is 23.2 Å². The molecule has 15 heavy (non-hydrogen) atoms. The molecule has 0 aromatic heterocycles. The highest BCUT2D eigenvalue weighted by molar-refractivity contribution is 6.33. The summed E-state index contributed by atoms with van der Waals surface area (Å²) < 4.78 is 0. The normalized spacial score (nSPS) is 10.0. The van der Waals surface area contributed by atoms with Gasteiger partial charge >= 0.3 is 0 Å². The molecule has 1 aromatic carbocycles. The van der Waals surface area contributed by atoms with Crippen molar-refractivity contribution in [2.24, 2.45) is 0 Å². The monoisotopic (exact) mass is 228 g/mol. The van der Waals surface area contributed by atoms with Gasteiger partial charge in [0.15, 0.2) is 0 Å². The van der Waals surface area contributed by atoms with Crippen molar-refractivity contribution in [2.75, 3.05) is 17.7 Å². The Labute approximate surface area is 93.0 Å². The number of hydrogen-bond acceptors (Lipinski definition) is 3. The van der Waals surface area contributed by atoms with E-state index in [2.05, 4.69) is 5.32 Å². The van der Waals surface area contributed by atoms with Crippen LogP contribution in [0, 0.1) is 0 Å². The quantitative estimate of drug-likeness (QED) is 0.686. The van der Waals surface area contributed by atoms with Crippen LogP contribution in [0.2, 0.25) is 5.02 Å². The lowest BCUT2D eigenvalue weighted by Gasteiger charge is -2.06. The molecule has 0 unspecified atom stereocenters. The summed E-state index contributed by atoms with van der Waals surface area (Å²) in [4.78, 5) is 11.3. The van der Waals surface area contributed by atoms with Crippen LogP contribution in [0.25, 0.3) is 0 Å². The first kappa shape index (κ1) is 11.8. The fourth-order valence-electron chi connectivity index (χ4n) is 1.08. The second-order valence-electron chi connectivity index (χ2n) is 3.11. The molecule has 82 valence electrons. The number of nitrogen functional groups attached to an aromatic ring is 1. The third kappa shape index (κ3) is 3.77. The fraction of sp³-hybridized carbons (Fsp3) is 0.300. The van der Waals surface area contributed by atoms with Crippen LogP contribution in [0.4, 0.5) is 11.4 Å². The lowest BCUT2D eigenvalue weighted by molar-refractivity contribution is -0.116. The zero-order valence-corrected chi connectivity index (χ0v) is 8.92. The summed E-state index contributed by atoms with van der Waals surface area (Å²) in [6.45, 7) is 0.0101. The first-order valence-corrected chi connectivity index (χ1v) is 4.97. The van der Waals surface area contributed by atoms with Crippen LogP contribution in [-0.2, 0) is 4.79 Å². The van der Waals surface area contributed by atoms with Crippen LogP contribution < -0.4 is 11.1 Å². The summed E-state index contributed by atoms with van der Waals surface area (Å²) in [5.74, 6) is -0.147. The van der Waals surface area contributed by atoms with Crippen molar-refractivity contribution in [2.45, 2.75) is 12.8 Å². The molecular formula is C10H13ClN2O2.